The first-order chi connectivity index (χ1) is 16.7. The first-order valence-electron chi connectivity index (χ1n) is 12.5. The Hall–Kier alpha value is -3.55. The summed E-state index contributed by atoms with van der Waals surface area (Å²) in [6.07, 6.45) is 10.6. The van der Waals surface area contributed by atoms with E-state index in [-0.39, 0.29) is 0 Å². The molecule has 0 amide bonds. The first kappa shape index (κ1) is 25.1. The van der Waals surface area contributed by atoms with Gasteiger partial charge in [0.25, 0.3) is 0 Å². The lowest BCUT2D eigenvalue weighted by molar-refractivity contribution is 0.112. The van der Waals surface area contributed by atoms with Crippen molar-refractivity contribution in [2.45, 2.75) is 65.2 Å². The Morgan fingerprint density at radius 1 is 0.559 bits per heavy atom. The molecule has 0 aromatic heterocycles. The van der Waals surface area contributed by atoms with Crippen LogP contribution in [0.3, 0.4) is 0 Å². The van der Waals surface area contributed by atoms with Crippen LogP contribution in [-0.2, 0) is 12.8 Å². The highest BCUT2D eigenvalue weighted by molar-refractivity contribution is 5.77. The van der Waals surface area contributed by atoms with Crippen molar-refractivity contribution in [2.75, 3.05) is 0 Å². The highest BCUT2D eigenvalue weighted by atomic mass is 16.1. The number of rotatable bonds is 9. The number of hydrogen-bond donors (Lipinski definition) is 0. The number of benzene rings is 3. The quantitative estimate of drug-likeness (QED) is 0.186. The van der Waals surface area contributed by atoms with Gasteiger partial charge in [0.2, 0.25) is 0 Å². The molecule has 0 spiro atoms. The molecule has 0 saturated heterocycles. The van der Waals surface area contributed by atoms with E-state index < -0.39 is 0 Å². The number of aryl methyl sites for hydroxylation is 2. The van der Waals surface area contributed by atoms with Crippen molar-refractivity contribution in [3.05, 3.63) is 106 Å². The van der Waals surface area contributed by atoms with E-state index >= 15 is 0 Å². The minimum Gasteiger partial charge on any atom is -0.298 e. The van der Waals surface area contributed by atoms with E-state index in [1.165, 1.54) is 49.7 Å². The maximum atomic E-state index is 11.5. The molecule has 0 bridgehead atoms. The Morgan fingerprint density at radius 2 is 0.971 bits per heavy atom. The van der Waals surface area contributed by atoms with Gasteiger partial charge in [-0.1, -0.05) is 87.5 Å². The van der Waals surface area contributed by atoms with Crippen molar-refractivity contribution < 1.29 is 4.79 Å². The lowest BCUT2D eigenvalue weighted by Gasteiger charge is -2.01. The summed E-state index contributed by atoms with van der Waals surface area (Å²) in [5.74, 6) is 12.8. The van der Waals surface area contributed by atoms with Gasteiger partial charge in [0.1, 0.15) is 6.29 Å². The topological polar surface area (TPSA) is 17.1 Å². The van der Waals surface area contributed by atoms with Crippen molar-refractivity contribution in [3.63, 3.8) is 0 Å². The van der Waals surface area contributed by atoms with Crippen molar-refractivity contribution in [1.82, 2.24) is 0 Å². The molecule has 0 aliphatic rings. The van der Waals surface area contributed by atoms with Crippen molar-refractivity contribution >= 4 is 6.29 Å². The monoisotopic (exact) mass is 446 g/mol. The molecule has 0 fully saturated rings. The summed E-state index contributed by atoms with van der Waals surface area (Å²) in [6, 6.07) is 22.5. The van der Waals surface area contributed by atoms with Gasteiger partial charge in [-0.05, 0) is 79.3 Å². The Bertz CT molecular complexity index is 1090. The number of carbonyl (C=O) groups is 1. The predicted octanol–water partition coefficient (Wildman–Crippen LogP) is 7.76. The van der Waals surface area contributed by atoms with E-state index in [4.69, 9.17) is 0 Å². The molecule has 0 aliphatic carbocycles. The van der Waals surface area contributed by atoms with Crippen LogP contribution in [0.2, 0.25) is 0 Å². The molecule has 0 N–H and O–H groups in total. The van der Waals surface area contributed by atoms with Crippen LogP contribution >= 0.6 is 0 Å². The minimum absolute atomic E-state index is 0.591. The van der Waals surface area contributed by atoms with E-state index in [0.717, 1.165) is 41.4 Å². The summed E-state index contributed by atoms with van der Waals surface area (Å²) in [4.78, 5) is 11.5. The molecular weight excluding hydrogens is 412 g/mol. The van der Waals surface area contributed by atoms with E-state index in [1.54, 1.807) is 0 Å². The van der Waals surface area contributed by atoms with Crippen LogP contribution in [-0.4, -0.2) is 6.29 Å². The Labute approximate surface area is 205 Å². The third-order valence-electron chi connectivity index (χ3n) is 5.84. The minimum atomic E-state index is 0.591. The molecule has 34 heavy (non-hydrogen) atoms. The maximum Gasteiger partial charge on any atom is 0.150 e. The summed E-state index contributed by atoms with van der Waals surface area (Å²) in [7, 11) is 0. The molecule has 3 rings (SSSR count). The van der Waals surface area contributed by atoms with Gasteiger partial charge in [0, 0.05) is 27.8 Å². The van der Waals surface area contributed by atoms with Gasteiger partial charge in [-0.2, -0.15) is 0 Å². The van der Waals surface area contributed by atoms with E-state index in [0.29, 0.717) is 5.56 Å². The van der Waals surface area contributed by atoms with Gasteiger partial charge in [-0.15, -0.1) is 0 Å². The molecule has 0 aliphatic heterocycles. The van der Waals surface area contributed by atoms with Crippen LogP contribution in [0.5, 0.6) is 0 Å². The highest BCUT2D eigenvalue weighted by Gasteiger charge is 1.99. The summed E-state index contributed by atoms with van der Waals surface area (Å²) >= 11 is 0. The molecule has 172 valence electrons. The van der Waals surface area contributed by atoms with Gasteiger partial charge in [0.15, 0.2) is 0 Å². The van der Waals surface area contributed by atoms with Gasteiger partial charge in [0.05, 0.1) is 0 Å². The second-order valence-electron chi connectivity index (χ2n) is 8.77. The summed E-state index contributed by atoms with van der Waals surface area (Å²) < 4.78 is 0. The average molecular weight is 447 g/mol. The molecule has 3 aromatic rings. The highest BCUT2D eigenvalue weighted by Crippen LogP contribution is 2.12. The SMILES string of the molecule is CCCCCc1ccc(C#Cc2cc(C#Cc3ccc(CCCCC)cc3)cc(C=O)c2)cc1. The zero-order chi connectivity index (χ0) is 24.0. The van der Waals surface area contributed by atoms with Crippen LogP contribution in [0.4, 0.5) is 0 Å². The molecule has 0 radical (unpaired) electrons. The van der Waals surface area contributed by atoms with Gasteiger partial charge >= 0.3 is 0 Å². The van der Waals surface area contributed by atoms with Crippen LogP contribution in [0.25, 0.3) is 0 Å². The first-order valence-corrected chi connectivity index (χ1v) is 12.5. The molecule has 1 heteroatoms. The lowest BCUT2D eigenvalue weighted by Crippen LogP contribution is -1.88. The zero-order valence-electron chi connectivity index (χ0n) is 20.5. The van der Waals surface area contributed by atoms with Gasteiger partial charge in [-0.3, -0.25) is 4.79 Å². The maximum absolute atomic E-state index is 11.5. The lowest BCUT2D eigenvalue weighted by atomic mass is 10.0. The number of unbranched alkanes of at least 4 members (excludes halogenated alkanes) is 4. The van der Waals surface area contributed by atoms with Crippen LogP contribution in [0.1, 0.15) is 96.1 Å². The molecule has 0 unspecified atom stereocenters. The largest absolute Gasteiger partial charge is 0.298 e. The van der Waals surface area contributed by atoms with Crippen molar-refractivity contribution in [3.8, 4) is 23.7 Å². The van der Waals surface area contributed by atoms with Crippen LogP contribution in [0, 0.1) is 23.7 Å². The number of carbonyl (C=O) groups excluding carboxylic acids is 1. The zero-order valence-corrected chi connectivity index (χ0v) is 20.5. The van der Waals surface area contributed by atoms with Crippen molar-refractivity contribution in [2.24, 2.45) is 0 Å². The number of hydrogen-bond acceptors (Lipinski definition) is 1. The molecular formula is C33H34O. The second-order valence-corrected chi connectivity index (χ2v) is 8.77. The predicted molar refractivity (Wildman–Crippen MR) is 143 cm³/mol. The van der Waals surface area contributed by atoms with E-state index in [2.05, 4.69) is 86.1 Å². The number of aldehydes is 1. The molecule has 0 heterocycles. The third-order valence-corrected chi connectivity index (χ3v) is 5.84. The molecule has 0 saturated carbocycles. The molecule has 0 atom stereocenters. The summed E-state index contributed by atoms with van der Waals surface area (Å²) in [5.41, 5.74) is 6.85. The fourth-order valence-electron chi connectivity index (χ4n) is 3.82. The fraction of sp³-hybridized carbons (Fsp3) is 0.303. The van der Waals surface area contributed by atoms with Crippen molar-refractivity contribution in [1.29, 1.82) is 0 Å². The standard InChI is InChI=1S/C33H34O/c1-3-5-7-9-27-11-15-29(16-12-27)19-21-31-23-32(25-33(24-31)26-34)22-20-30-17-13-28(14-18-30)10-8-6-4-2/h11-18,23-26H,3-10H2,1-2H3. The molecule has 1 nitrogen and oxygen atoms in total. The van der Waals surface area contributed by atoms with Crippen LogP contribution in [0.15, 0.2) is 66.7 Å². The van der Waals surface area contributed by atoms with Gasteiger partial charge in [-0.25, -0.2) is 0 Å². The Balaban J connectivity index is 1.71. The average Bonchev–Trinajstić information content (AvgIpc) is 2.88. The van der Waals surface area contributed by atoms with E-state index in [9.17, 15) is 4.79 Å². The smallest absolute Gasteiger partial charge is 0.150 e. The third kappa shape index (κ3) is 8.42. The Kier molecular flexibility index (Phi) is 10.2. The Morgan fingerprint density at radius 3 is 1.35 bits per heavy atom. The van der Waals surface area contributed by atoms with Crippen LogP contribution < -0.4 is 0 Å². The van der Waals surface area contributed by atoms with Gasteiger partial charge < -0.3 is 0 Å². The molecule has 3 aromatic carbocycles. The fourth-order valence-corrected chi connectivity index (χ4v) is 3.82. The van der Waals surface area contributed by atoms with E-state index in [1.807, 2.05) is 18.2 Å². The normalized spacial score (nSPS) is 10.1. The summed E-state index contributed by atoms with van der Waals surface area (Å²) in [5, 5.41) is 0. The summed E-state index contributed by atoms with van der Waals surface area (Å²) in [6.45, 7) is 4.45. The second kappa shape index (κ2) is 13.9.